The predicted octanol–water partition coefficient (Wildman–Crippen LogP) is 8.62. The summed E-state index contributed by atoms with van der Waals surface area (Å²) in [6.07, 6.45) is -17.1. The number of benzene rings is 2. The molecule has 6 rings (SSSR count). The molecule has 1 N–H and O–H groups in total. The number of amides is 1. The van der Waals surface area contributed by atoms with E-state index in [0.29, 0.717) is 30.5 Å². The van der Waals surface area contributed by atoms with E-state index in [1.165, 1.54) is 7.11 Å². The van der Waals surface area contributed by atoms with Crippen LogP contribution in [0.15, 0.2) is 48.5 Å². The molecule has 1 spiro atoms. The largest absolute Gasteiger partial charge is 0.496 e. The molecule has 0 radical (unpaired) electrons. The molecule has 0 unspecified atom stereocenters. The summed E-state index contributed by atoms with van der Waals surface area (Å²) in [5.41, 5.74) is -5.70. The van der Waals surface area contributed by atoms with Gasteiger partial charge in [0.1, 0.15) is 11.4 Å². The van der Waals surface area contributed by atoms with E-state index in [1.54, 1.807) is 18.2 Å². The van der Waals surface area contributed by atoms with E-state index < -0.39 is 77.1 Å². The molecule has 0 bridgehead atoms. The van der Waals surface area contributed by atoms with Gasteiger partial charge in [-0.15, -0.1) is 0 Å². The summed E-state index contributed by atoms with van der Waals surface area (Å²) < 4.78 is 134. The van der Waals surface area contributed by atoms with E-state index in [1.807, 2.05) is 0 Å². The van der Waals surface area contributed by atoms with Gasteiger partial charge in [-0.3, -0.25) is 9.69 Å². The molecule has 2 heterocycles. The van der Waals surface area contributed by atoms with E-state index >= 15 is 0 Å². The highest BCUT2D eigenvalue weighted by molar-refractivity contribution is 5.77. The van der Waals surface area contributed by atoms with Crippen molar-refractivity contribution in [1.82, 2.24) is 9.88 Å². The lowest BCUT2D eigenvalue weighted by molar-refractivity contribution is -0.145. The van der Waals surface area contributed by atoms with Gasteiger partial charge in [0.25, 0.3) is 0 Å². The number of aliphatic carboxylic acids is 1. The van der Waals surface area contributed by atoms with Crippen LogP contribution >= 0.6 is 0 Å². The van der Waals surface area contributed by atoms with Gasteiger partial charge >= 0.3 is 30.6 Å². The standard InChI is InChI=1S/C32H25F9N2O5/c1-47-24-4-2-15(16-8-18(9-16)27(44)45)12-22(24)21-3-5-25(32(39,40)41)42-23(21)14-43-28(46)48-26(29(43)6-7-29)17-10-19(30(33,34)35)13-20(11-17)31(36,37)38/h2-5,10-13,16,18,26H,6-9,14H2,1H3,(H,44,45)/t16?,18?,26-/m1/s1. The Morgan fingerprint density at radius 3 is 2.04 bits per heavy atom. The minimum absolute atomic E-state index is 0.0522. The number of carboxylic acid groups (broad SMARTS) is 1. The number of rotatable bonds is 7. The molecule has 3 aliphatic rings. The van der Waals surface area contributed by atoms with Gasteiger partial charge in [-0.25, -0.2) is 9.78 Å². The average Bonchev–Trinajstić information content (AvgIpc) is 3.72. The highest BCUT2D eigenvalue weighted by Crippen LogP contribution is 2.58. The Balaban J connectivity index is 1.40. The molecular formula is C32H25F9N2O5. The molecular weight excluding hydrogens is 663 g/mol. The molecule has 1 aromatic heterocycles. The van der Waals surface area contributed by atoms with Crippen LogP contribution in [0.5, 0.6) is 5.75 Å². The summed E-state index contributed by atoms with van der Waals surface area (Å²) in [6, 6.07) is 7.65. The summed E-state index contributed by atoms with van der Waals surface area (Å²) in [7, 11) is 1.32. The Morgan fingerprint density at radius 1 is 0.896 bits per heavy atom. The molecule has 1 aliphatic heterocycles. The summed E-state index contributed by atoms with van der Waals surface area (Å²) >= 11 is 0. The minimum atomic E-state index is -5.16. The fourth-order valence-corrected chi connectivity index (χ4v) is 6.44. The van der Waals surface area contributed by atoms with Gasteiger partial charge in [0.2, 0.25) is 0 Å². The Bertz CT molecular complexity index is 1740. The van der Waals surface area contributed by atoms with Gasteiger partial charge in [-0.1, -0.05) is 12.1 Å². The SMILES string of the molecule is COc1ccc(C2CC(C(=O)O)C2)cc1-c1ccc(C(F)(F)F)nc1CN1C(=O)O[C@H](c2cc(C(F)(F)F)cc(C(F)(F)F)c2)C12CC2. The number of carbonyl (C=O) groups excluding carboxylic acids is 1. The number of hydrogen-bond donors (Lipinski definition) is 1. The van der Waals surface area contributed by atoms with Gasteiger partial charge in [0.05, 0.1) is 41.9 Å². The molecule has 2 saturated carbocycles. The third-order valence-corrected chi connectivity index (χ3v) is 9.18. The van der Waals surface area contributed by atoms with Crippen LogP contribution < -0.4 is 4.74 Å². The van der Waals surface area contributed by atoms with Crippen LogP contribution in [0.3, 0.4) is 0 Å². The fourth-order valence-electron chi connectivity index (χ4n) is 6.44. The molecule has 2 aliphatic carbocycles. The number of cyclic esters (lactones) is 1. The van der Waals surface area contributed by atoms with Crippen LogP contribution in [0.1, 0.15) is 71.3 Å². The number of carboxylic acids is 1. The second-order valence-electron chi connectivity index (χ2n) is 12.1. The van der Waals surface area contributed by atoms with Crippen LogP contribution in [0.2, 0.25) is 0 Å². The van der Waals surface area contributed by atoms with Crippen LogP contribution in [0.25, 0.3) is 11.1 Å². The zero-order valence-corrected chi connectivity index (χ0v) is 24.8. The smallest absolute Gasteiger partial charge is 0.433 e. The van der Waals surface area contributed by atoms with Crippen molar-refractivity contribution in [3.8, 4) is 16.9 Å². The van der Waals surface area contributed by atoms with Crippen molar-refractivity contribution in [3.63, 3.8) is 0 Å². The number of halogens is 9. The van der Waals surface area contributed by atoms with Gasteiger partial charge in [0.15, 0.2) is 6.10 Å². The quantitative estimate of drug-likeness (QED) is 0.250. The number of pyridine rings is 1. The molecule has 3 fully saturated rings. The van der Waals surface area contributed by atoms with Crippen LogP contribution in [0.4, 0.5) is 44.3 Å². The summed E-state index contributed by atoms with van der Waals surface area (Å²) in [6.45, 7) is -0.627. The summed E-state index contributed by atoms with van der Waals surface area (Å²) in [4.78, 5) is 29.4. The number of carbonyl (C=O) groups is 2. The molecule has 2 aromatic carbocycles. The first-order chi connectivity index (χ1) is 22.3. The molecule has 7 nitrogen and oxygen atoms in total. The van der Waals surface area contributed by atoms with Crippen molar-refractivity contribution in [1.29, 1.82) is 0 Å². The molecule has 1 atom stereocenters. The van der Waals surface area contributed by atoms with Crippen molar-refractivity contribution in [3.05, 3.63) is 82.2 Å². The molecule has 16 heteroatoms. The summed E-state index contributed by atoms with van der Waals surface area (Å²) in [5.74, 6) is -1.42. The normalized spacial score (nSPS) is 22.0. The number of ether oxygens (including phenoxy) is 2. The van der Waals surface area contributed by atoms with Crippen molar-refractivity contribution in [2.45, 2.75) is 68.3 Å². The van der Waals surface area contributed by atoms with Crippen molar-refractivity contribution < 1.29 is 63.7 Å². The lowest BCUT2D eigenvalue weighted by Crippen LogP contribution is -2.36. The van der Waals surface area contributed by atoms with Gasteiger partial charge in [-0.05, 0) is 79.1 Å². The molecule has 1 amide bonds. The van der Waals surface area contributed by atoms with Crippen LogP contribution in [-0.4, -0.2) is 39.7 Å². The first-order valence-electron chi connectivity index (χ1n) is 14.6. The van der Waals surface area contributed by atoms with E-state index in [9.17, 15) is 54.2 Å². The number of nitrogens with zero attached hydrogens (tertiary/aromatic N) is 2. The Morgan fingerprint density at radius 2 is 1.52 bits per heavy atom. The van der Waals surface area contributed by atoms with Crippen LogP contribution in [-0.2, 0) is 34.6 Å². The zero-order valence-electron chi connectivity index (χ0n) is 24.8. The third kappa shape index (κ3) is 6.00. The Hall–Kier alpha value is -4.50. The maximum Gasteiger partial charge on any atom is 0.433 e. The number of methoxy groups -OCH3 is 1. The van der Waals surface area contributed by atoms with E-state index in [4.69, 9.17) is 9.47 Å². The van der Waals surface area contributed by atoms with E-state index in [0.717, 1.165) is 17.0 Å². The fraction of sp³-hybridized carbons (Fsp3) is 0.406. The molecule has 3 aromatic rings. The summed E-state index contributed by atoms with van der Waals surface area (Å²) in [5, 5.41) is 9.27. The Kier molecular flexibility index (Phi) is 7.86. The third-order valence-electron chi connectivity index (χ3n) is 9.18. The van der Waals surface area contributed by atoms with E-state index in [2.05, 4.69) is 4.98 Å². The maximum atomic E-state index is 13.9. The van der Waals surface area contributed by atoms with Gasteiger partial charge < -0.3 is 14.6 Å². The lowest BCUT2D eigenvalue weighted by Gasteiger charge is -2.33. The first kappa shape index (κ1) is 33.4. The van der Waals surface area contributed by atoms with Crippen molar-refractivity contribution in [2.75, 3.05) is 7.11 Å². The highest BCUT2D eigenvalue weighted by atomic mass is 19.4. The predicted molar refractivity (Wildman–Crippen MR) is 148 cm³/mol. The molecule has 48 heavy (non-hydrogen) atoms. The average molecular weight is 689 g/mol. The molecule has 1 saturated heterocycles. The minimum Gasteiger partial charge on any atom is -0.496 e. The lowest BCUT2D eigenvalue weighted by atomic mass is 9.71. The number of aromatic nitrogens is 1. The van der Waals surface area contributed by atoms with Gasteiger partial charge in [-0.2, -0.15) is 39.5 Å². The number of hydrogen-bond acceptors (Lipinski definition) is 5. The highest BCUT2D eigenvalue weighted by Gasteiger charge is 2.64. The number of alkyl halides is 9. The Labute approximate surface area is 266 Å². The van der Waals surface area contributed by atoms with Crippen molar-refractivity contribution >= 4 is 12.1 Å². The monoisotopic (exact) mass is 688 g/mol. The topological polar surface area (TPSA) is 89.0 Å². The first-order valence-corrected chi connectivity index (χ1v) is 14.6. The second kappa shape index (κ2) is 11.3. The maximum absolute atomic E-state index is 13.9. The second-order valence-corrected chi connectivity index (χ2v) is 12.1. The van der Waals surface area contributed by atoms with Crippen molar-refractivity contribution in [2.24, 2.45) is 5.92 Å². The van der Waals surface area contributed by atoms with E-state index in [-0.39, 0.29) is 47.4 Å². The zero-order chi connectivity index (χ0) is 35.0. The van der Waals surface area contributed by atoms with Crippen LogP contribution in [0, 0.1) is 5.92 Å². The molecule has 256 valence electrons. The van der Waals surface area contributed by atoms with Gasteiger partial charge in [0, 0.05) is 11.1 Å².